The molecule has 1 fully saturated rings. The van der Waals surface area contributed by atoms with Crippen LogP contribution in [0.5, 0.6) is 11.5 Å². The zero-order valence-electron chi connectivity index (χ0n) is 16.3. The molecule has 2 N–H and O–H groups in total. The van der Waals surface area contributed by atoms with Gasteiger partial charge in [-0.15, -0.1) is 0 Å². The van der Waals surface area contributed by atoms with Gasteiger partial charge in [0.2, 0.25) is 5.91 Å². The molecule has 1 saturated heterocycles. The number of hydrogen-bond acceptors (Lipinski definition) is 5. The second kappa shape index (κ2) is 8.75. The Hall–Kier alpha value is -2.77. The molecule has 0 aromatic heterocycles. The number of benzene rings is 1. The summed E-state index contributed by atoms with van der Waals surface area (Å²) in [5, 5.41) is 5.43. The largest absolute Gasteiger partial charge is 0.493 e. The molecule has 1 aliphatic rings. The van der Waals surface area contributed by atoms with Crippen molar-refractivity contribution in [3.05, 3.63) is 23.8 Å². The predicted molar refractivity (Wildman–Crippen MR) is 99.6 cm³/mol. The summed E-state index contributed by atoms with van der Waals surface area (Å²) in [6.07, 6.45) is 0.969. The standard InChI is InChI=1S/C19H27N3O5/c1-5-19(6-2)17(24)22(18(25)21-19)12-16(23)20-11-13-8-9-14(27-7-3)15(10-13)26-4/h8-10H,5-7,11-12H2,1-4H3,(H,20,23)(H,21,25). The van der Waals surface area contributed by atoms with Gasteiger partial charge in [0.25, 0.3) is 5.91 Å². The van der Waals surface area contributed by atoms with Gasteiger partial charge in [-0.05, 0) is 37.5 Å². The van der Waals surface area contributed by atoms with Crippen LogP contribution in [-0.2, 0) is 16.1 Å². The van der Waals surface area contributed by atoms with Gasteiger partial charge in [-0.2, -0.15) is 0 Å². The summed E-state index contributed by atoms with van der Waals surface area (Å²) in [4.78, 5) is 37.8. The van der Waals surface area contributed by atoms with E-state index in [1.165, 1.54) is 0 Å². The van der Waals surface area contributed by atoms with Crippen molar-refractivity contribution in [1.29, 1.82) is 0 Å². The zero-order valence-corrected chi connectivity index (χ0v) is 16.3. The van der Waals surface area contributed by atoms with E-state index in [1.54, 1.807) is 19.2 Å². The Kier molecular flexibility index (Phi) is 6.65. The normalized spacial score (nSPS) is 15.5. The highest BCUT2D eigenvalue weighted by Gasteiger charge is 2.49. The number of rotatable bonds is 9. The van der Waals surface area contributed by atoms with Crippen molar-refractivity contribution >= 4 is 17.8 Å². The number of nitrogens with zero attached hydrogens (tertiary/aromatic N) is 1. The summed E-state index contributed by atoms with van der Waals surface area (Å²) in [6.45, 7) is 6.03. The molecule has 0 radical (unpaired) electrons. The van der Waals surface area contributed by atoms with Gasteiger partial charge < -0.3 is 20.1 Å². The van der Waals surface area contributed by atoms with Crippen LogP contribution in [0, 0.1) is 0 Å². The number of hydrogen-bond donors (Lipinski definition) is 2. The fourth-order valence-electron chi connectivity index (χ4n) is 3.05. The van der Waals surface area contributed by atoms with E-state index in [9.17, 15) is 14.4 Å². The second-order valence-corrected chi connectivity index (χ2v) is 6.31. The van der Waals surface area contributed by atoms with Crippen LogP contribution in [0.3, 0.4) is 0 Å². The number of nitrogens with one attached hydrogen (secondary N) is 2. The molecular weight excluding hydrogens is 350 g/mol. The maximum absolute atomic E-state index is 12.5. The smallest absolute Gasteiger partial charge is 0.325 e. The van der Waals surface area contributed by atoms with Gasteiger partial charge in [-0.1, -0.05) is 19.9 Å². The summed E-state index contributed by atoms with van der Waals surface area (Å²) in [7, 11) is 1.55. The third-order valence-corrected chi connectivity index (χ3v) is 4.77. The van der Waals surface area contributed by atoms with E-state index in [-0.39, 0.29) is 19.0 Å². The number of carbonyl (C=O) groups excluding carboxylic acids is 3. The lowest BCUT2D eigenvalue weighted by molar-refractivity contribution is -0.135. The molecule has 0 aliphatic carbocycles. The predicted octanol–water partition coefficient (Wildman–Crippen LogP) is 1.82. The maximum Gasteiger partial charge on any atom is 0.325 e. The minimum absolute atomic E-state index is 0.248. The van der Waals surface area contributed by atoms with Crippen molar-refractivity contribution < 1.29 is 23.9 Å². The Morgan fingerprint density at radius 2 is 1.89 bits per heavy atom. The van der Waals surface area contributed by atoms with E-state index in [0.29, 0.717) is 30.9 Å². The molecule has 1 aromatic rings. The zero-order chi connectivity index (χ0) is 20.0. The third-order valence-electron chi connectivity index (χ3n) is 4.77. The monoisotopic (exact) mass is 377 g/mol. The summed E-state index contributed by atoms with van der Waals surface area (Å²) < 4.78 is 10.7. The molecule has 0 saturated carbocycles. The summed E-state index contributed by atoms with van der Waals surface area (Å²) >= 11 is 0. The first-order chi connectivity index (χ1) is 12.9. The van der Waals surface area contributed by atoms with Crippen molar-refractivity contribution in [2.45, 2.75) is 45.7 Å². The lowest BCUT2D eigenvalue weighted by Crippen LogP contribution is -2.46. The first-order valence-electron chi connectivity index (χ1n) is 9.11. The summed E-state index contributed by atoms with van der Waals surface area (Å²) in [6, 6.07) is 4.85. The first kappa shape index (κ1) is 20.5. The Balaban J connectivity index is 1.97. The SMILES string of the molecule is CCOc1ccc(CNC(=O)CN2C(=O)NC(CC)(CC)C2=O)cc1OC. The van der Waals surface area contributed by atoms with Gasteiger partial charge in [0.05, 0.1) is 13.7 Å². The molecule has 2 rings (SSSR count). The lowest BCUT2D eigenvalue weighted by Gasteiger charge is -2.23. The number of ether oxygens (including phenoxy) is 2. The fraction of sp³-hybridized carbons (Fsp3) is 0.526. The van der Waals surface area contributed by atoms with Crippen LogP contribution in [0.4, 0.5) is 4.79 Å². The Labute approximate surface area is 159 Å². The topological polar surface area (TPSA) is 97.0 Å². The van der Waals surface area contributed by atoms with Crippen LogP contribution < -0.4 is 20.1 Å². The molecule has 1 heterocycles. The van der Waals surface area contributed by atoms with Crippen molar-refractivity contribution in [3.63, 3.8) is 0 Å². The second-order valence-electron chi connectivity index (χ2n) is 6.31. The summed E-state index contributed by atoms with van der Waals surface area (Å²) in [5.74, 6) is 0.447. The van der Waals surface area contributed by atoms with Crippen LogP contribution in [0.1, 0.15) is 39.2 Å². The van der Waals surface area contributed by atoms with E-state index in [0.717, 1.165) is 10.5 Å². The van der Waals surface area contributed by atoms with Gasteiger partial charge in [0.15, 0.2) is 11.5 Å². The van der Waals surface area contributed by atoms with Crippen LogP contribution in [0.2, 0.25) is 0 Å². The molecule has 1 aromatic carbocycles. The molecular formula is C19H27N3O5. The van der Waals surface area contributed by atoms with Gasteiger partial charge in [-0.3, -0.25) is 14.5 Å². The highest BCUT2D eigenvalue weighted by atomic mass is 16.5. The van der Waals surface area contributed by atoms with Crippen LogP contribution >= 0.6 is 0 Å². The lowest BCUT2D eigenvalue weighted by atomic mass is 9.93. The average Bonchev–Trinajstić information content (AvgIpc) is 2.92. The van der Waals surface area contributed by atoms with Crippen LogP contribution in [0.25, 0.3) is 0 Å². The molecule has 8 nitrogen and oxygen atoms in total. The quantitative estimate of drug-likeness (QED) is 0.640. The van der Waals surface area contributed by atoms with E-state index in [1.807, 2.05) is 26.8 Å². The van der Waals surface area contributed by atoms with E-state index < -0.39 is 17.5 Å². The molecule has 27 heavy (non-hydrogen) atoms. The van der Waals surface area contributed by atoms with E-state index in [2.05, 4.69) is 10.6 Å². The Morgan fingerprint density at radius 1 is 1.19 bits per heavy atom. The van der Waals surface area contributed by atoms with Gasteiger partial charge in [0.1, 0.15) is 12.1 Å². The molecule has 1 aliphatic heterocycles. The van der Waals surface area contributed by atoms with E-state index in [4.69, 9.17) is 9.47 Å². The highest BCUT2D eigenvalue weighted by Crippen LogP contribution is 2.28. The van der Waals surface area contributed by atoms with Gasteiger partial charge >= 0.3 is 6.03 Å². The number of amides is 4. The van der Waals surface area contributed by atoms with Crippen LogP contribution in [0.15, 0.2) is 18.2 Å². The maximum atomic E-state index is 12.5. The average molecular weight is 377 g/mol. The van der Waals surface area contributed by atoms with Crippen molar-refractivity contribution in [2.75, 3.05) is 20.3 Å². The number of urea groups is 1. The van der Waals surface area contributed by atoms with Crippen LogP contribution in [-0.4, -0.2) is 48.5 Å². The molecule has 4 amide bonds. The minimum Gasteiger partial charge on any atom is -0.493 e. The number of imide groups is 1. The molecule has 148 valence electrons. The van der Waals surface area contributed by atoms with Crippen molar-refractivity contribution in [3.8, 4) is 11.5 Å². The molecule has 8 heteroatoms. The minimum atomic E-state index is -0.903. The fourth-order valence-corrected chi connectivity index (χ4v) is 3.05. The molecule has 0 atom stereocenters. The number of carbonyl (C=O) groups is 3. The Morgan fingerprint density at radius 3 is 2.44 bits per heavy atom. The molecule has 0 unspecified atom stereocenters. The third kappa shape index (κ3) is 4.32. The Bertz CT molecular complexity index is 715. The van der Waals surface area contributed by atoms with E-state index >= 15 is 0 Å². The highest BCUT2D eigenvalue weighted by molar-refractivity contribution is 6.08. The number of methoxy groups -OCH3 is 1. The van der Waals surface area contributed by atoms with Crippen molar-refractivity contribution in [1.82, 2.24) is 15.5 Å². The summed E-state index contributed by atoms with van der Waals surface area (Å²) in [5.41, 5.74) is -0.0860. The first-order valence-corrected chi connectivity index (χ1v) is 9.11. The van der Waals surface area contributed by atoms with Crippen molar-refractivity contribution in [2.24, 2.45) is 0 Å². The van der Waals surface area contributed by atoms with Gasteiger partial charge in [0, 0.05) is 6.54 Å². The molecule has 0 bridgehead atoms. The molecule has 0 spiro atoms. The van der Waals surface area contributed by atoms with Gasteiger partial charge in [-0.25, -0.2) is 4.79 Å².